The highest BCUT2D eigenvalue weighted by Crippen LogP contribution is 2.31. The number of halogens is 2. The molecule has 1 amide bonds. The Labute approximate surface area is 107 Å². The molecule has 1 aromatic carbocycles. The van der Waals surface area contributed by atoms with Crippen molar-refractivity contribution in [2.24, 2.45) is 0 Å². The monoisotopic (exact) mass is 271 g/mol. The summed E-state index contributed by atoms with van der Waals surface area (Å²) in [6.45, 7) is -0.191. The molecule has 7 heteroatoms. The highest BCUT2D eigenvalue weighted by atomic mass is 19.1. The molecular formula is C12H11F2NO4. The van der Waals surface area contributed by atoms with Crippen molar-refractivity contribution in [1.82, 2.24) is 0 Å². The molecule has 1 atom stereocenters. The molecule has 102 valence electrons. The van der Waals surface area contributed by atoms with Crippen molar-refractivity contribution in [3.8, 4) is 0 Å². The van der Waals surface area contributed by atoms with Crippen molar-refractivity contribution < 1.29 is 28.2 Å². The lowest BCUT2D eigenvalue weighted by Gasteiger charge is -2.19. The summed E-state index contributed by atoms with van der Waals surface area (Å²) in [5.74, 6) is -3.58. The lowest BCUT2D eigenvalue weighted by atomic mass is 10.1. The Morgan fingerprint density at radius 1 is 1.42 bits per heavy atom. The van der Waals surface area contributed by atoms with Gasteiger partial charge in [-0.25, -0.2) is 13.6 Å². The minimum Gasteiger partial charge on any atom is -0.465 e. The van der Waals surface area contributed by atoms with Crippen molar-refractivity contribution in [2.75, 3.05) is 18.6 Å². The van der Waals surface area contributed by atoms with Gasteiger partial charge in [-0.3, -0.25) is 4.79 Å². The van der Waals surface area contributed by atoms with E-state index in [1.165, 1.54) is 0 Å². The van der Waals surface area contributed by atoms with Gasteiger partial charge >= 0.3 is 5.97 Å². The zero-order valence-electron chi connectivity index (χ0n) is 10.0. The lowest BCUT2D eigenvalue weighted by molar-refractivity contribution is -0.117. The standard InChI is InChI=1S/C12H11F2NO4/c1-19-12(18)10-7(13)2-3-8(14)11(10)15-5-6(16)4-9(15)17/h2-3,6,16H,4-5H2,1H3. The zero-order valence-corrected chi connectivity index (χ0v) is 10.0. The summed E-state index contributed by atoms with van der Waals surface area (Å²) in [4.78, 5) is 24.0. The van der Waals surface area contributed by atoms with Gasteiger partial charge in [-0.2, -0.15) is 0 Å². The van der Waals surface area contributed by atoms with Gasteiger partial charge in [-0.1, -0.05) is 0 Å². The Morgan fingerprint density at radius 2 is 2.05 bits per heavy atom. The maximum absolute atomic E-state index is 13.8. The molecule has 0 aromatic heterocycles. The first kappa shape index (κ1) is 13.4. The van der Waals surface area contributed by atoms with E-state index in [4.69, 9.17) is 0 Å². The molecular weight excluding hydrogens is 260 g/mol. The smallest absolute Gasteiger partial charge is 0.343 e. The molecule has 0 radical (unpaired) electrons. The molecule has 1 fully saturated rings. The maximum atomic E-state index is 13.8. The summed E-state index contributed by atoms with van der Waals surface area (Å²) in [6, 6.07) is 1.59. The van der Waals surface area contributed by atoms with Crippen LogP contribution >= 0.6 is 0 Å². The van der Waals surface area contributed by atoms with Gasteiger partial charge in [0.05, 0.1) is 31.9 Å². The summed E-state index contributed by atoms with van der Waals surface area (Å²) in [5, 5.41) is 9.38. The third-order valence-electron chi connectivity index (χ3n) is 2.84. The molecule has 1 aromatic rings. The lowest BCUT2D eigenvalue weighted by Crippen LogP contribution is -2.29. The number of methoxy groups -OCH3 is 1. The van der Waals surface area contributed by atoms with E-state index >= 15 is 0 Å². The third kappa shape index (κ3) is 2.28. The van der Waals surface area contributed by atoms with E-state index in [1.807, 2.05) is 0 Å². The molecule has 0 spiro atoms. The molecule has 1 aliphatic heterocycles. The van der Waals surface area contributed by atoms with Crippen LogP contribution in [0.3, 0.4) is 0 Å². The van der Waals surface area contributed by atoms with E-state index in [9.17, 15) is 23.5 Å². The predicted molar refractivity (Wildman–Crippen MR) is 60.7 cm³/mol. The van der Waals surface area contributed by atoms with E-state index in [2.05, 4.69) is 4.74 Å². The van der Waals surface area contributed by atoms with Crippen molar-refractivity contribution >= 4 is 17.6 Å². The van der Waals surface area contributed by atoms with Gasteiger partial charge in [0.25, 0.3) is 0 Å². The SMILES string of the molecule is COC(=O)c1c(F)ccc(F)c1N1CC(O)CC1=O. The van der Waals surface area contributed by atoms with Gasteiger partial charge in [0.1, 0.15) is 17.2 Å². The van der Waals surface area contributed by atoms with Crippen molar-refractivity contribution in [2.45, 2.75) is 12.5 Å². The Balaban J connectivity index is 2.58. The molecule has 1 N–H and O–H groups in total. The second-order valence-electron chi connectivity index (χ2n) is 4.11. The van der Waals surface area contributed by atoms with Gasteiger partial charge in [0, 0.05) is 0 Å². The molecule has 1 saturated heterocycles. The first-order valence-electron chi connectivity index (χ1n) is 5.50. The van der Waals surface area contributed by atoms with Crippen LogP contribution in [-0.2, 0) is 9.53 Å². The number of rotatable bonds is 2. The second kappa shape index (κ2) is 4.93. The number of nitrogens with zero attached hydrogens (tertiary/aromatic N) is 1. The van der Waals surface area contributed by atoms with Crippen LogP contribution < -0.4 is 4.90 Å². The van der Waals surface area contributed by atoms with E-state index in [0.29, 0.717) is 0 Å². The summed E-state index contributed by atoms with van der Waals surface area (Å²) in [7, 11) is 1.02. The number of hydrogen-bond acceptors (Lipinski definition) is 4. The molecule has 1 aliphatic rings. The summed E-state index contributed by atoms with van der Waals surface area (Å²) >= 11 is 0. The maximum Gasteiger partial charge on any atom is 0.343 e. The summed E-state index contributed by atoms with van der Waals surface area (Å²) in [6.07, 6.45) is -1.17. The molecule has 0 saturated carbocycles. The average molecular weight is 271 g/mol. The van der Waals surface area contributed by atoms with Gasteiger partial charge in [0.2, 0.25) is 5.91 Å². The number of carbonyl (C=O) groups excluding carboxylic acids is 2. The van der Waals surface area contributed by atoms with Crippen molar-refractivity contribution in [3.63, 3.8) is 0 Å². The third-order valence-corrected chi connectivity index (χ3v) is 2.84. The molecule has 19 heavy (non-hydrogen) atoms. The highest BCUT2D eigenvalue weighted by molar-refractivity contribution is 6.04. The molecule has 0 bridgehead atoms. The fourth-order valence-corrected chi connectivity index (χ4v) is 2.01. The second-order valence-corrected chi connectivity index (χ2v) is 4.11. The number of anilines is 1. The molecule has 5 nitrogen and oxygen atoms in total. The number of esters is 1. The number of ether oxygens (including phenoxy) is 1. The largest absolute Gasteiger partial charge is 0.465 e. The first-order valence-corrected chi connectivity index (χ1v) is 5.50. The summed E-state index contributed by atoms with van der Waals surface area (Å²) in [5.41, 5.74) is -1.14. The molecule has 2 rings (SSSR count). The van der Waals surface area contributed by atoms with Gasteiger partial charge in [-0.05, 0) is 12.1 Å². The van der Waals surface area contributed by atoms with Gasteiger partial charge in [-0.15, -0.1) is 0 Å². The molecule has 0 aliphatic carbocycles. The Hall–Kier alpha value is -2.02. The number of amides is 1. The van der Waals surface area contributed by atoms with Crippen molar-refractivity contribution in [3.05, 3.63) is 29.3 Å². The van der Waals surface area contributed by atoms with Crippen LogP contribution in [0.2, 0.25) is 0 Å². The van der Waals surface area contributed by atoms with Crippen LogP contribution in [0.5, 0.6) is 0 Å². The van der Waals surface area contributed by atoms with Crippen LogP contribution in [-0.4, -0.2) is 36.7 Å². The predicted octanol–water partition coefficient (Wildman–Crippen LogP) is 0.849. The van der Waals surface area contributed by atoms with E-state index in [-0.39, 0.29) is 13.0 Å². The number of β-amino-alcohol motifs (C(OH)–C–C–N with tert-alkyl or cyclic N) is 1. The number of aliphatic hydroxyl groups is 1. The zero-order chi connectivity index (χ0) is 14.2. The quantitative estimate of drug-likeness (QED) is 0.810. The van der Waals surface area contributed by atoms with Crippen LogP contribution in [0.1, 0.15) is 16.8 Å². The molecule has 1 unspecified atom stereocenters. The number of aliphatic hydroxyl groups excluding tert-OH is 1. The van der Waals surface area contributed by atoms with Gasteiger partial charge < -0.3 is 14.7 Å². The topological polar surface area (TPSA) is 66.8 Å². The van der Waals surface area contributed by atoms with E-state index in [1.54, 1.807) is 0 Å². The van der Waals surface area contributed by atoms with Crippen molar-refractivity contribution in [1.29, 1.82) is 0 Å². The Kier molecular flexibility index (Phi) is 3.48. The minimum absolute atomic E-state index is 0.191. The summed E-state index contributed by atoms with van der Waals surface area (Å²) < 4.78 is 31.9. The number of benzene rings is 1. The van der Waals surface area contributed by atoms with E-state index < -0.39 is 40.9 Å². The van der Waals surface area contributed by atoms with Gasteiger partial charge in [0.15, 0.2) is 0 Å². The van der Waals surface area contributed by atoms with Crippen LogP contribution in [0.15, 0.2) is 12.1 Å². The van der Waals surface area contributed by atoms with E-state index in [0.717, 1.165) is 24.1 Å². The number of hydrogen-bond donors (Lipinski definition) is 1. The normalized spacial score (nSPS) is 18.8. The van der Waals surface area contributed by atoms with Crippen LogP contribution in [0.4, 0.5) is 14.5 Å². The minimum atomic E-state index is -1.08. The Morgan fingerprint density at radius 3 is 2.58 bits per heavy atom. The number of carbonyl (C=O) groups is 2. The molecule has 1 heterocycles. The Bertz CT molecular complexity index is 547. The van der Waals surface area contributed by atoms with Crippen LogP contribution in [0.25, 0.3) is 0 Å². The first-order chi connectivity index (χ1) is 8.95. The highest BCUT2D eigenvalue weighted by Gasteiger charge is 2.35. The fraction of sp³-hybridized carbons (Fsp3) is 0.333. The average Bonchev–Trinajstić information content (AvgIpc) is 2.69. The fourth-order valence-electron chi connectivity index (χ4n) is 2.01. The van der Waals surface area contributed by atoms with Crippen LogP contribution in [0, 0.1) is 11.6 Å².